The smallest absolute Gasteiger partial charge is 0.251 e. The second kappa shape index (κ2) is 7.68. The molecule has 8 heteroatoms. The van der Waals surface area contributed by atoms with E-state index < -0.39 is 17.6 Å². The predicted molar refractivity (Wildman–Crippen MR) is 86.4 cm³/mol. The molecular weight excluding hydrogens is 369 g/mol. The van der Waals surface area contributed by atoms with Gasteiger partial charge in [-0.15, -0.1) is 0 Å². The molecule has 0 aliphatic carbocycles. The molecule has 0 saturated carbocycles. The zero-order valence-electron chi connectivity index (χ0n) is 11.9. The molecule has 0 aliphatic rings. The first-order valence-electron chi connectivity index (χ1n) is 6.62. The van der Waals surface area contributed by atoms with Crippen molar-refractivity contribution < 1.29 is 14.0 Å². The molecule has 0 bridgehead atoms. The van der Waals surface area contributed by atoms with E-state index in [0.29, 0.717) is 10.2 Å². The molecule has 0 spiro atoms. The monoisotopic (exact) mass is 381 g/mol. The van der Waals surface area contributed by atoms with Crippen molar-refractivity contribution in [3.8, 4) is 0 Å². The molecule has 1 aromatic carbocycles. The fourth-order valence-electron chi connectivity index (χ4n) is 1.75. The Morgan fingerprint density at radius 1 is 1.09 bits per heavy atom. The number of aromatic nitrogens is 1. The topological polar surface area (TPSA) is 80.2 Å². The van der Waals surface area contributed by atoms with E-state index in [1.165, 1.54) is 41.1 Å². The molecule has 2 N–H and O–H groups in total. The third-order valence-corrected chi connectivity index (χ3v) is 3.30. The molecule has 2 rings (SSSR count). The highest BCUT2D eigenvalue weighted by Crippen LogP contribution is 2.07. The van der Waals surface area contributed by atoms with E-state index in [4.69, 9.17) is 0 Å². The largest absolute Gasteiger partial charge is 0.345 e. The number of nitrogens with one attached hydrogen (secondary N) is 2. The van der Waals surface area contributed by atoms with Crippen LogP contribution >= 0.6 is 15.9 Å². The average molecular weight is 382 g/mol. The van der Waals surface area contributed by atoms with Crippen LogP contribution in [0.25, 0.3) is 0 Å². The van der Waals surface area contributed by atoms with Gasteiger partial charge in [-0.1, -0.05) is 0 Å². The van der Waals surface area contributed by atoms with Crippen LogP contribution in [0.3, 0.4) is 0 Å². The third-order valence-electron chi connectivity index (χ3n) is 2.84. The van der Waals surface area contributed by atoms with Crippen LogP contribution in [0.4, 0.5) is 10.1 Å². The lowest BCUT2D eigenvalue weighted by Gasteiger charge is -2.08. The number of halogens is 2. The SMILES string of the molecule is O=C(Cn1cc(Br)ccc1=O)NCC(=O)Nc1ccc(F)cc1. The van der Waals surface area contributed by atoms with Crippen LogP contribution in [0.5, 0.6) is 0 Å². The van der Waals surface area contributed by atoms with Gasteiger partial charge in [-0.05, 0) is 46.3 Å². The highest BCUT2D eigenvalue weighted by Gasteiger charge is 2.08. The summed E-state index contributed by atoms with van der Waals surface area (Å²) in [5.41, 5.74) is 0.105. The van der Waals surface area contributed by atoms with Crippen molar-refractivity contribution in [3.63, 3.8) is 0 Å². The minimum Gasteiger partial charge on any atom is -0.345 e. The van der Waals surface area contributed by atoms with E-state index in [1.807, 2.05) is 0 Å². The van der Waals surface area contributed by atoms with Crippen molar-refractivity contribution in [2.24, 2.45) is 0 Å². The molecule has 1 aromatic heterocycles. The second-order valence-electron chi connectivity index (χ2n) is 4.65. The molecule has 0 unspecified atom stereocenters. The zero-order chi connectivity index (χ0) is 16.8. The quantitative estimate of drug-likeness (QED) is 0.823. The molecule has 1 heterocycles. The van der Waals surface area contributed by atoms with E-state index in [-0.39, 0.29) is 18.6 Å². The van der Waals surface area contributed by atoms with Gasteiger partial charge in [0.2, 0.25) is 11.8 Å². The zero-order valence-corrected chi connectivity index (χ0v) is 13.5. The second-order valence-corrected chi connectivity index (χ2v) is 5.56. The van der Waals surface area contributed by atoms with Crippen molar-refractivity contribution in [2.45, 2.75) is 6.54 Å². The molecule has 23 heavy (non-hydrogen) atoms. The number of carbonyl (C=O) groups is 2. The number of nitrogens with zero attached hydrogens (tertiary/aromatic N) is 1. The van der Waals surface area contributed by atoms with Crippen molar-refractivity contribution in [1.82, 2.24) is 9.88 Å². The molecule has 0 fully saturated rings. The number of amides is 2. The van der Waals surface area contributed by atoms with Gasteiger partial charge in [-0.2, -0.15) is 0 Å². The number of anilines is 1. The number of hydrogen-bond donors (Lipinski definition) is 2. The molecule has 0 saturated heterocycles. The van der Waals surface area contributed by atoms with E-state index in [0.717, 1.165) is 0 Å². The van der Waals surface area contributed by atoms with Crippen LogP contribution in [0.1, 0.15) is 0 Å². The van der Waals surface area contributed by atoms with E-state index >= 15 is 0 Å². The van der Waals surface area contributed by atoms with Gasteiger partial charge in [0.25, 0.3) is 5.56 Å². The molecule has 2 amide bonds. The van der Waals surface area contributed by atoms with Crippen LogP contribution < -0.4 is 16.2 Å². The van der Waals surface area contributed by atoms with Gasteiger partial charge in [0.1, 0.15) is 12.4 Å². The Labute approximate surface area is 139 Å². The Kier molecular flexibility index (Phi) is 5.64. The van der Waals surface area contributed by atoms with E-state index in [2.05, 4.69) is 26.6 Å². The number of pyridine rings is 1. The Bertz CT molecular complexity index is 774. The summed E-state index contributed by atoms with van der Waals surface area (Å²) < 4.78 is 14.6. The van der Waals surface area contributed by atoms with Crippen LogP contribution in [0, 0.1) is 5.82 Å². The molecule has 6 nitrogen and oxygen atoms in total. The summed E-state index contributed by atoms with van der Waals surface area (Å²) in [7, 11) is 0. The minimum absolute atomic E-state index is 0.192. The van der Waals surface area contributed by atoms with E-state index in [9.17, 15) is 18.8 Å². The van der Waals surface area contributed by atoms with Crippen LogP contribution in [-0.2, 0) is 16.1 Å². The number of hydrogen-bond acceptors (Lipinski definition) is 3. The predicted octanol–water partition coefficient (Wildman–Crippen LogP) is 1.50. The molecule has 0 radical (unpaired) electrons. The summed E-state index contributed by atoms with van der Waals surface area (Å²) in [6.07, 6.45) is 1.49. The summed E-state index contributed by atoms with van der Waals surface area (Å²) in [5, 5.41) is 4.92. The number of rotatable bonds is 5. The fourth-order valence-corrected chi connectivity index (χ4v) is 2.13. The molecular formula is C15H13BrFN3O3. The van der Waals surface area contributed by atoms with Crippen molar-refractivity contribution in [3.05, 3.63) is 63.2 Å². The van der Waals surface area contributed by atoms with Gasteiger partial charge in [-0.3, -0.25) is 14.4 Å². The summed E-state index contributed by atoms with van der Waals surface area (Å²) in [6, 6.07) is 8.17. The highest BCUT2D eigenvalue weighted by atomic mass is 79.9. The molecule has 2 aromatic rings. The Balaban J connectivity index is 1.84. The maximum atomic E-state index is 12.7. The summed E-state index contributed by atoms with van der Waals surface area (Å²) in [6.45, 7) is -0.443. The Hall–Kier alpha value is -2.48. The first-order chi connectivity index (χ1) is 10.9. The molecule has 120 valence electrons. The average Bonchev–Trinajstić information content (AvgIpc) is 2.51. The van der Waals surface area contributed by atoms with Gasteiger partial charge in [0.15, 0.2) is 0 Å². The maximum absolute atomic E-state index is 12.7. The summed E-state index contributed by atoms with van der Waals surface area (Å²) in [4.78, 5) is 35.0. The first-order valence-corrected chi connectivity index (χ1v) is 7.41. The molecule has 0 atom stereocenters. The van der Waals surface area contributed by atoms with Gasteiger partial charge in [0.05, 0.1) is 6.54 Å². The van der Waals surface area contributed by atoms with E-state index in [1.54, 1.807) is 6.07 Å². The lowest BCUT2D eigenvalue weighted by atomic mass is 10.3. The van der Waals surface area contributed by atoms with Crippen molar-refractivity contribution >= 4 is 33.4 Å². The van der Waals surface area contributed by atoms with Crippen molar-refractivity contribution in [2.75, 3.05) is 11.9 Å². The Morgan fingerprint density at radius 3 is 2.48 bits per heavy atom. The highest BCUT2D eigenvalue weighted by molar-refractivity contribution is 9.10. The van der Waals surface area contributed by atoms with Crippen molar-refractivity contribution in [1.29, 1.82) is 0 Å². The number of benzene rings is 1. The standard InChI is InChI=1S/C15H13BrFN3O3/c16-10-1-6-15(23)20(8-10)9-14(22)18-7-13(21)19-12-4-2-11(17)3-5-12/h1-6,8H,7,9H2,(H,18,22)(H,19,21). The number of carbonyl (C=O) groups excluding carboxylic acids is 2. The van der Waals surface area contributed by atoms with Gasteiger partial charge in [-0.25, -0.2) is 4.39 Å². The summed E-state index contributed by atoms with van der Waals surface area (Å²) in [5.74, 6) is -1.33. The first kappa shape index (κ1) is 16.9. The van der Waals surface area contributed by atoms with Gasteiger partial charge < -0.3 is 15.2 Å². The Morgan fingerprint density at radius 2 is 1.78 bits per heavy atom. The van der Waals surface area contributed by atoms with Gasteiger partial charge in [0, 0.05) is 22.4 Å². The van der Waals surface area contributed by atoms with Crippen LogP contribution in [-0.4, -0.2) is 22.9 Å². The van der Waals surface area contributed by atoms with Crippen LogP contribution in [0.2, 0.25) is 0 Å². The minimum atomic E-state index is -0.473. The maximum Gasteiger partial charge on any atom is 0.251 e. The third kappa shape index (κ3) is 5.33. The normalized spacial score (nSPS) is 10.2. The lowest BCUT2D eigenvalue weighted by molar-refractivity contribution is -0.124. The fraction of sp³-hybridized carbons (Fsp3) is 0.133. The lowest BCUT2D eigenvalue weighted by Crippen LogP contribution is -2.36. The van der Waals surface area contributed by atoms with Crippen LogP contribution in [0.15, 0.2) is 51.9 Å². The molecule has 0 aliphatic heterocycles. The van der Waals surface area contributed by atoms with Gasteiger partial charge >= 0.3 is 0 Å². The summed E-state index contributed by atoms with van der Waals surface area (Å²) >= 11 is 3.21.